The third kappa shape index (κ3) is 4.28. The van der Waals surface area contributed by atoms with Gasteiger partial charge in [-0.3, -0.25) is 4.79 Å². The van der Waals surface area contributed by atoms with Crippen molar-refractivity contribution in [2.24, 2.45) is 0 Å². The van der Waals surface area contributed by atoms with E-state index in [0.717, 1.165) is 0 Å². The Bertz CT molecular complexity index is 760. The molecule has 0 bridgehead atoms. The highest BCUT2D eigenvalue weighted by atomic mass is 16.5. The fourth-order valence-electron chi connectivity index (χ4n) is 2.36. The second-order valence-corrected chi connectivity index (χ2v) is 5.26. The predicted octanol–water partition coefficient (Wildman–Crippen LogP) is 1.74. The summed E-state index contributed by atoms with van der Waals surface area (Å²) < 4.78 is 14.8. The summed E-state index contributed by atoms with van der Waals surface area (Å²) in [6.07, 6.45) is 2.02. The minimum atomic E-state index is -0.712. The first kappa shape index (κ1) is 18.3. The number of methoxy groups -OCH3 is 1. The lowest BCUT2D eigenvalue weighted by Crippen LogP contribution is -2.28. The molecule has 2 aromatic heterocycles. The average Bonchev–Trinajstić information content (AvgIpc) is 3.24. The van der Waals surface area contributed by atoms with Gasteiger partial charge in [-0.15, -0.1) is 0 Å². The van der Waals surface area contributed by atoms with E-state index in [1.165, 1.54) is 13.4 Å². The third-order valence-electron chi connectivity index (χ3n) is 3.65. The van der Waals surface area contributed by atoms with Gasteiger partial charge in [-0.25, -0.2) is 9.59 Å². The number of ether oxygens (including phenoxy) is 2. The van der Waals surface area contributed by atoms with E-state index < -0.39 is 24.5 Å². The maximum Gasteiger partial charge on any atom is 0.355 e. The molecule has 0 spiro atoms. The third-order valence-corrected chi connectivity index (χ3v) is 3.65. The van der Waals surface area contributed by atoms with E-state index in [1.54, 1.807) is 19.1 Å². The van der Waals surface area contributed by atoms with Crippen LogP contribution in [0.25, 0.3) is 0 Å². The van der Waals surface area contributed by atoms with Crippen molar-refractivity contribution in [2.75, 3.05) is 13.7 Å². The molecule has 8 nitrogen and oxygen atoms in total. The number of carbonyl (C=O) groups excluding carboxylic acids is 3. The maximum atomic E-state index is 12.2. The van der Waals surface area contributed by atoms with Crippen LogP contribution < -0.4 is 5.32 Å². The highest BCUT2D eigenvalue weighted by Gasteiger charge is 2.24. The van der Waals surface area contributed by atoms with Gasteiger partial charge < -0.3 is 24.2 Å². The van der Waals surface area contributed by atoms with E-state index in [-0.39, 0.29) is 12.2 Å². The summed E-state index contributed by atoms with van der Waals surface area (Å²) >= 11 is 0. The molecule has 0 saturated carbocycles. The topological polar surface area (TPSA) is 111 Å². The Hall–Kier alpha value is -3.03. The van der Waals surface area contributed by atoms with Crippen LogP contribution in [0.2, 0.25) is 0 Å². The van der Waals surface area contributed by atoms with Crippen molar-refractivity contribution < 1.29 is 28.3 Å². The second kappa shape index (κ2) is 8.18. The first-order valence-corrected chi connectivity index (χ1v) is 7.73. The fraction of sp³-hybridized carbons (Fsp3) is 0.353. The summed E-state index contributed by atoms with van der Waals surface area (Å²) in [5, 5.41) is 2.57. The van der Waals surface area contributed by atoms with Crippen LogP contribution in [0.5, 0.6) is 0 Å². The van der Waals surface area contributed by atoms with Crippen molar-refractivity contribution in [3.63, 3.8) is 0 Å². The van der Waals surface area contributed by atoms with Crippen LogP contribution in [-0.4, -0.2) is 36.5 Å². The van der Waals surface area contributed by atoms with Crippen molar-refractivity contribution in [3.8, 4) is 0 Å². The first-order chi connectivity index (χ1) is 12.0. The van der Waals surface area contributed by atoms with Gasteiger partial charge in [0.05, 0.1) is 25.5 Å². The summed E-state index contributed by atoms with van der Waals surface area (Å²) in [5.74, 6) is -1.11. The molecule has 2 rings (SSSR count). The number of aromatic nitrogens is 1. The quantitative estimate of drug-likeness (QED) is 0.737. The van der Waals surface area contributed by atoms with Crippen LogP contribution in [0.4, 0.5) is 0 Å². The van der Waals surface area contributed by atoms with Gasteiger partial charge in [0.15, 0.2) is 6.61 Å². The van der Waals surface area contributed by atoms with Crippen LogP contribution in [0.3, 0.4) is 0 Å². The fourth-order valence-corrected chi connectivity index (χ4v) is 2.36. The summed E-state index contributed by atoms with van der Waals surface area (Å²) in [6.45, 7) is 3.23. The molecule has 0 aliphatic rings. The number of hydrogen-bond acceptors (Lipinski definition) is 6. The minimum Gasteiger partial charge on any atom is -0.467 e. The Balaban J connectivity index is 1.97. The van der Waals surface area contributed by atoms with E-state index in [2.05, 4.69) is 10.3 Å². The number of carbonyl (C=O) groups is 3. The first-order valence-electron chi connectivity index (χ1n) is 7.73. The zero-order chi connectivity index (χ0) is 18.4. The number of nitrogens with one attached hydrogen (secondary N) is 2. The molecule has 0 aliphatic carbocycles. The monoisotopic (exact) mass is 348 g/mol. The number of aromatic amines is 1. The number of esters is 2. The molecular weight excluding hydrogens is 328 g/mol. The molecule has 25 heavy (non-hydrogen) atoms. The van der Waals surface area contributed by atoms with E-state index in [9.17, 15) is 14.4 Å². The Kier molecular flexibility index (Phi) is 5.99. The van der Waals surface area contributed by atoms with Crippen LogP contribution in [-0.2, 0) is 27.2 Å². The Morgan fingerprint density at radius 3 is 2.64 bits per heavy atom. The molecule has 1 amide bonds. The van der Waals surface area contributed by atoms with Gasteiger partial charge in [-0.2, -0.15) is 0 Å². The molecule has 8 heteroatoms. The largest absolute Gasteiger partial charge is 0.467 e. The van der Waals surface area contributed by atoms with Gasteiger partial charge in [0.1, 0.15) is 11.5 Å². The zero-order valence-electron chi connectivity index (χ0n) is 14.3. The van der Waals surface area contributed by atoms with Gasteiger partial charge in [0.2, 0.25) is 0 Å². The number of H-pyrrole nitrogens is 1. The van der Waals surface area contributed by atoms with Gasteiger partial charge in [-0.1, -0.05) is 6.92 Å². The van der Waals surface area contributed by atoms with Crippen molar-refractivity contribution >= 4 is 17.8 Å². The molecular formula is C17H20N2O6. The molecule has 0 radical (unpaired) electrons. The molecule has 0 unspecified atom stereocenters. The summed E-state index contributed by atoms with van der Waals surface area (Å²) in [7, 11) is 1.27. The normalized spacial score (nSPS) is 10.4. The molecule has 2 aromatic rings. The minimum absolute atomic E-state index is 0.135. The Morgan fingerprint density at radius 1 is 1.28 bits per heavy atom. The lowest BCUT2D eigenvalue weighted by atomic mass is 10.1. The van der Waals surface area contributed by atoms with Crippen LogP contribution in [0, 0.1) is 6.92 Å². The standard InChI is InChI=1S/C17H20N2O6/c1-4-12-14(16(21)23-3)10(2)15(19-12)17(22)25-9-13(20)18-8-11-6-5-7-24-11/h5-7,19H,4,8-9H2,1-3H3,(H,18,20). The van der Waals surface area contributed by atoms with Crippen molar-refractivity contribution in [2.45, 2.75) is 26.8 Å². The predicted molar refractivity (Wildman–Crippen MR) is 87.1 cm³/mol. The number of amides is 1. The molecule has 0 fully saturated rings. The SMILES string of the molecule is CCc1[nH]c(C(=O)OCC(=O)NCc2ccco2)c(C)c1C(=O)OC. The van der Waals surface area contributed by atoms with Gasteiger partial charge in [0.25, 0.3) is 5.91 Å². The maximum absolute atomic E-state index is 12.2. The lowest BCUT2D eigenvalue weighted by molar-refractivity contribution is -0.124. The van der Waals surface area contributed by atoms with Crippen LogP contribution in [0.15, 0.2) is 22.8 Å². The lowest BCUT2D eigenvalue weighted by Gasteiger charge is -2.05. The average molecular weight is 348 g/mol. The van der Waals surface area contributed by atoms with E-state index in [1.807, 2.05) is 6.92 Å². The zero-order valence-corrected chi connectivity index (χ0v) is 14.3. The molecule has 0 saturated heterocycles. The summed E-state index contributed by atoms with van der Waals surface area (Å²) in [6, 6.07) is 3.43. The number of rotatable bonds is 7. The molecule has 0 aromatic carbocycles. The van der Waals surface area contributed by atoms with Gasteiger partial charge >= 0.3 is 11.9 Å². The number of furan rings is 1. The molecule has 0 aliphatic heterocycles. The molecule has 0 atom stereocenters. The highest BCUT2D eigenvalue weighted by molar-refractivity contribution is 5.99. The summed E-state index contributed by atoms with van der Waals surface area (Å²) in [4.78, 5) is 38.6. The van der Waals surface area contributed by atoms with E-state index in [4.69, 9.17) is 13.9 Å². The highest BCUT2D eigenvalue weighted by Crippen LogP contribution is 2.20. The van der Waals surface area contributed by atoms with Crippen LogP contribution >= 0.6 is 0 Å². The van der Waals surface area contributed by atoms with Crippen LogP contribution in [0.1, 0.15) is 44.8 Å². The van der Waals surface area contributed by atoms with E-state index >= 15 is 0 Å². The Labute approximate surface area is 144 Å². The molecule has 2 heterocycles. The van der Waals surface area contributed by atoms with Crippen molar-refractivity contribution in [1.29, 1.82) is 0 Å². The molecule has 134 valence electrons. The molecule has 2 N–H and O–H groups in total. The van der Waals surface area contributed by atoms with Gasteiger partial charge in [0, 0.05) is 5.69 Å². The smallest absolute Gasteiger partial charge is 0.355 e. The second-order valence-electron chi connectivity index (χ2n) is 5.26. The number of aryl methyl sites for hydroxylation is 1. The Morgan fingerprint density at radius 2 is 2.04 bits per heavy atom. The number of hydrogen-bond donors (Lipinski definition) is 2. The van der Waals surface area contributed by atoms with Crippen molar-refractivity contribution in [3.05, 3.63) is 46.7 Å². The summed E-state index contributed by atoms with van der Waals surface area (Å²) in [5.41, 5.74) is 1.47. The van der Waals surface area contributed by atoms with Crippen molar-refractivity contribution in [1.82, 2.24) is 10.3 Å². The van der Waals surface area contributed by atoms with E-state index in [0.29, 0.717) is 29.0 Å². The van der Waals surface area contributed by atoms with Gasteiger partial charge in [-0.05, 0) is 31.0 Å².